The van der Waals surface area contributed by atoms with Crippen molar-refractivity contribution in [3.8, 4) is 11.5 Å². The fraction of sp³-hybridized carbons (Fsp3) is 0.667. The molecule has 0 bridgehead atoms. The fourth-order valence-corrected chi connectivity index (χ4v) is 5.43. The van der Waals surface area contributed by atoms with Crippen LogP contribution in [0.4, 0.5) is 4.79 Å². The van der Waals surface area contributed by atoms with Crippen LogP contribution in [0.5, 0.6) is 11.5 Å². The number of rotatable bonds is 6. The highest BCUT2D eigenvalue weighted by Crippen LogP contribution is 2.48. The predicted octanol–water partition coefficient (Wildman–Crippen LogP) is 4.84. The monoisotopic (exact) mass is 411 g/mol. The third-order valence-corrected chi connectivity index (χ3v) is 7.41. The van der Waals surface area contributed by atoms with Crippen molar-refractivity contribution in [3.05, 3.63) is 23.8 Å². The topological polar surface area (TPSA) is 65.1 Å². The van der Waals surface area contributed by atoms with E-state index in [0.717, 1.165) is 30.7 Å². The second kappa shape index (κ2) is 9.21. The van der Waals surface area contributed by atoms with E-state index in [2.05, 4.69) is 0 Å². The van der Waals surface area contributed by atoms with E-state index in [9.17, 15) is 9.36 Å². The first kappa shape index (κ1) is 22.6. The number of carbonyl (C=O) groups excluding carboxylic acids is 1. The zero-order chi connectivity index (χ0) is 20.9. The van der Waals surface area contributed by atoms with E-state index >= 15 is 0 Å². The van der Waals surface area contributed by atoms with Gasteiger partial charge in [-0.2, -0.15) is 0 Å². The van der Waals surface area contributed by atoms with Crippen LogP contribution < -0.4 is 9.47 Å². The Labute approximate surface area is 168 Å². The summed E-state index contributed by atoms with van der Waals surface area (Å²) < 4.78 is 28.7. The first-order valence-electron chi connectivity index (χ1n) is 9.77. The van der Waals surface area contributed by atoms with Gasteiger partial charge in [-0.1, -0.05) is 0 Å². The Morgan fingerprint density at radius 1 is 1.18 bits per heavy atom. The molecule has 1 fully saturated rings. The molecular weight excluding hydrogens is 377 g/mol. The lowest BCUT2D eigenvalue weighted by atomic mass is 10.0. The maximum absolute atomic E-state index is 12.9. The number of methoxy groups -OCH3 is 2. The van der Waals surface area contributed by atoms with Crippen LogP contribution in [-0.4, -0.2) is 56.3 Å². The lowest BCUT2D eigenvalue weighted by Gasteiger charge is -2.33. The molecule has 6 nitrogen and oxygen atoms in total. The molecule has 0 saturated carbocycles. The van der Waals surface area contributed by atoms with Gasteiger partial charge in [0.25, 0.3) is 0 Å². The zero-order valence-electron chi connectivity index (χ0n) is 18.0. The minimum absolute atomic E-state index is 0.332. The Morgan fingerprint density at radius 3 is 2.36 bits per heavy atom. The second-order valence-electron chi connectivity index (χ2n) is 8.73. The second-order valence-corrected chi connectivity index (χ2v) is 12.2. The predicted molar refractivity (Wildman–Crippen MR) is 112 cm³/mol. The highest BCUT2D eigenvalue weighted by molar-refractivity contribution is 7.63. The molecule has 1 aliphatic heterocycles. The Morgan fingerprint density at radius 2 is 1.82 bits per heavy atom. The number of nitrogens with zero attached hydrogens (tertiary/aromatic N) is 1. The van der Waals surface area contributed by atoms with Crippen LogP contribution in [-0.2, 0) is 15.8 Å². The highest BCUT2D eigenvalue weighted by atomic mass is 31.2. The van der Waals surface area contributed by atoms with Crippen molar-refractivity contribution in [2.75, 3.05) is 39.8 Å². The molecule has 1 saturated heterocycles. The number of ether oxygens (including phenoxy) is 3. The molecular formula is C21H34NO5P. The van der Waals surface area contributed by atoms with E-state index in [1.165, 1.54) is 0 Å². The molecule has 2 rings (SSSR count). The summed E-state index contributed by atoms with van der Waals surface area (Å²) in [6.07, 6.45) is 2.94. The van der Waals surface area contributed by atoms with Gasteiger partial charge in [-0.25, -0.2) is 4.79 Å². The van der Waals surface area contributed by atoms with E-state index in [1.54, 1.807) is 19.1 Å². The lowest BCUT2D eigenvalue weighted by molar-refractivity contribution is 0.0198. The molecule has 28 heavy (non-hydrogen) atoms. The van der Waals surface area contributed by atoms with Gasteiger partial charge >= 0.3 is 6.09 Å². The summed E-state index contributed by atoms with van der Waals surface area (Å²) in [6, 6.07) is 5.59. The minimum Gasteiger partial charge on any atom is -0.497 e. The van der Waals surface area contributed by atoms with E-state index in [1.807, 2.05) is 45.6 Å². The average Bonchev–Trinajstić information content (AvgIpc) is 2.61. The maximum Gasteiger partial charge on any atom is 0.410 e. The molecule has 1 aromatic carbocycles. The van der Waals surface area contributed by atoms with Gasteiger partial charge in [-0.15, -0.1) is 0 Å². The van der Waals surface area contributed by atoms with Gasteiger partial charge in [0.1, 0.15) is 17.1 Å². The van der Waals surface area contributed by atoms with Gasteiger partial charge in [0.05, 0.1) is 27.9 Å². The quantitative estimate of drug-likeness (QED) is 0.627. The first-order chi connectivity index (χ1) is 13.0. The van der Waals surface area contributed by atoms with Crippen molar-refractivity contribution in [1.29, 1.82) is 0 Å². The van der Waals surface area contributed by atoms with E-state index in [0.29, 0.717) is 30.5 Å². The Kier molecular flexibility index (Phi) is 7.44. The summed E-state index contributed by atoms with van der Waals surface area (Å²) >= 11 is 0. The molecule has 0 unspecified atom stereocenters. The van der Waals surface area contributed by atoms with Gasteiger partial charge in [-0.05, 0) is 58.3 Å². The van der Waals surface area contributed by atoms with Crippen molar-refractivity contribution >= 4 is 13.2 Å². The number of carbonyl (C=O) groups is 1. The van der Waals surface area contributed by atoms with Crippen LogP contribution in [0.2, 0.25) is 0 Å². The van der Waals surface area contributed by atoms with Crippen LogP contribution in [0.3, 0.4) is 0 Å². The SMILES string of the molecule is COc1ccc(CN(CC2CCP(C)(=O)CC2)C(=O)OC(C)(C)C)c(OC)c1. The fourth-order valence-electron chi connectivity index (χ4n) is 3.38. The third-order valence-electron chi connectivity index (χ3n) is 5.01. The van der Waals surface area contributed by atoms with Crippen molar-refractivity contribution in [3.63, 3.8) is 0 Å². The summed E-state index contributed by atoms with van der Waals surface area (Å²) in [7, 11) is 1.23. The smallest absolute Gasteiger partial charge is 0.410 e. The Balaban J connectivity index is 2.18. The van der Waals surface area contributed by atoms with E-state index in [-0.39, 0.29) is 6.09 Å². The van der Waals surface area contributed by atoms with Crippen LogP contribution >= 0.6 is 7.14 Å². The average molecular weight is 411 g/mol. The molecule has 0 aromatic heterocycles. The molecule has 0 spiro atoms. The highest BCUT2D eigenvalue weighted by Gasteiger charge is 2.30. The van der Waals surface area contributed by atoms with E-state index < -0.39 is 12.7 Å². The summed E-state index contributed by atoms with van der Waals surface area (Å²) in [5, 5.41) is 0. The lowest BCUT2D eigenvalue weighted by Crippen LogP contribution is -2.40. The number of hydrogen-bond acceptors (Lipinski definition) is 5. The maximum atomic E-state index is 12.9. The van der Waals surface area contributed by atoms with Crippen LogP contribution in [0.1, 0.15) is 39.2 Å². The molecule has 0 radical (unpaired) electrons. The van der Waals surface area contributed by atoms with Crippen LogP contribution in [0, 0.1) is 5.92 Å². The molecule has 158 valence electrons. The normalized spacial score (nSPS) is 22.4. The molecule has 1 aromatic rings. The van der Waals surface area contributed by atoms with Crippen molar-refractivity contribution in [2.45, 2.75) is 45.8 Å². The number of benzene rings is 1. The summed E-state index contributed by atoms with van der Waals surface area (Å²) in [4.78, 5) is 14.6. The Hall–Kier alpha value is -1.68. The third kappa shape index (κ3) is 6.73. The van der Waals surface area contributed by atoms with Crippen molar-refractivity contribution < 1.29 is 23.6 Å². The summed E-state index contributed by atoms with van der Waals surface area (Å²) in [5.41, 5.74) is 0.330. The number of amides is 1. The molecule has 7 heteroatoms. The van der Waals surface area contributed by atoms with Crippen molar-refractivity contribution in [2.24, 2.45) is 5.92 Å². The van der Waals surface area contributed by atoms with Crippen LogP contribution in [0.15, 0.2) is 18.2 Å². The van der Waals surface area contributed by atoms with Gasteiger partial charge in [0.15, 0.2) is 0 Å². The summed E-state index contributed by atoms with van der Waals surface area (Å²) in [5.74, 6) is 1.71. The standard InChI is InChI=1S/C21H34NO5P/c1-21(2,3)27-20(23)22(14-16-9-11-28(6,24)12-10-16)15-17-7-8-18(25-4)13-19(17)26-5/h7-8,13,16H,9-12,14-15H2,1-6H3. The van der Waals surface area contributed by atoms with Crippen LogP contribution in [0.25, 0.3) is 0 Å². The van der Waals surface area contributed by atoms with Gasteiger partial charge < -0.3 is 23.7 Å². The van der Waals surface area contributed by atoms with E-state index in [4.69, 9.17) is 14.2 Å². The Bertz CT molecular complexity index is 716. The molecule has 0 atom stereocenters. The number of hydrogen-bond donors (Lipinski definition) is 0. The molecule has 1 amide bonds. The van der Waals surface area contributed by atoms with Gasteiger partial charge in [-0.3, -0.25) is 0 Å². The summed E-state index contributed by atoms with van der Waals surface area (Å²) in [6.45, 7) is 8.46. The molecule has 0 aliphatic carbocycles. The van der Waals surface area contributed by atoms with Gasteiger partial charge in [0.2, 0.25) is 0 Å². The van der Waals surface area contributed by atoms with Gasteiger partial charge in [0, 0.05) is 30.5 Å². The molecule has 1 heterocycles. The molecule has 1 aliphatic rings. The minimum atomic E-state index is -1.98. The largest absolute Gasteiger partial charge is 0.497 e. The zero-order valence-corrected chi connectivity index (χ0v) is 18.9. The molecule has 0 N–H and O–H groups in total. The first-order valence-corrected chi connectivity index (χ1v) is 12.3. The van der Waals surface area contributed by atoms with Crippen molar-refractivity contribution in [1.82, 2.24) is 4.90 Å².